The van der Waals surface area contributed by atoms with E-state index in [4.69, 9.17) is 51.1 Å². The van der Waals surface area contributed by atoms with Crippen LogP contribution in [-0.2, 0) is 0 Å². The van der Waals surface area contributed by atoms with Gasteiger partial charge in [-0.15, -0.1) is 0 Å². The molecular formula is C13H4Cl4F2O2. The monoisotopic (exact) mass is 370 g/mol. The fraction of sp³-hybridized carbons (Fsp3) is 0. The van der Waals surface area contributed by atoms with Crippen LogP contribution >= 0.6 is 46.4 Å². The minimum absolute atomic E-state index is 0.0647. The Morgan fingerprint density at radius 1 is 0.952 bits per heavy atom. The molecule has 0 radical (unpaired) electrons. The van der Waals surface area contributed by atoms with Gasteiger partial charge in [0.15, 0.2) is 5.75 Å². The summed E-state index contributed by atoms with van der Waals surface area (Å²) in [4.78, 5) is 11.9. The molecule has 0 aliphatic carbocycles. The molecular weight excluding hydrogens is 368 g/mol. The molecule has 0 aromatic heterocycles. The van der Waals surface area contributed by atoms with Crippen molar-refractivity contribution in [2.45, 2.75) is 0 Å². The van der Waals surface area contributed by atoms with Gasteiger partial charge in [-0.25, -0.2) is 13.6 Å². The molecule has 110 valence electrons. The smallest absolute Gasteiger partial charge is 0.346 e. The van der Waals surface area contributed by atoms with E-state index in [1.807, 2.05) is 0 Å². The van der Waals surface area contributed by atoms with E-state index in [1.165, 1.54) is 6.07 Å². The maximum Gasteiger partial charge on any atom is 0.346 e. The van der Waals surface area contributed by atoms with Crippen LogP contribution in [0.1, 0.15) is 10.4 Å². The van der Waals surface area contributed by atoms with E-state index in [2.05, 4.69) is 0 Å². The molecule has 2 nitrogen and oxygen atoms in total. The molecule has 2 aromatic carbocycles. The quantitative estimate of drug-likeness (QED) is 0.288. The average molecular weight is 372 g/mol. The highest BCUT2D eigenvalue weighted by Crippen LogP contribution is 2.42. The number of carbonyl (C=O) groups is 1. The Labute approximate surface area is 138 Å². The molecule has 0 aliphatic heterocycles. The molecule has 0 bridgehead atoms. The van der Waals surface area contributed by atoms with Gasteiger partial charge < -0.3 is 4.74 Å². The molecule has 0 saturated heterocycles. The van der Waals surface area contributed by atoms with Crippen molar-refractivity contribution >= 4 is 52.4 Å². The lowest BCUT2D eigenvalue weighted by atomic mass is 10.2. The van der Waals surface area contributed by atoms with E-state index >= 15 is 0 Å². The van der Waals surface area contributed by atoms with Crippen LogP contribution < -0.4 is 4.74 Å². The van der Waals surface area contributed by atoms with Crippen molar-refractivity contribution in [3.63, 3.8) is 0 Å². The first kappa shape index (κ1) is 16.3. The number of carbonyl (C=O) groups excluding carboxylic acids is 1. The molecule has 0 atom stereocenters. The van der Waals surface area contributed by atoms with Gasteiger partial charge in [-0.1, -0.05) is 46.4 Å². The summed E-state index contributed by atoms with van der Waals surface area (Å²) >= 11 is 23.3. The fourth-order valence-electron chi connectivity index (χ4n) is 1.45. The van der Waals surface area contributed by atoms with Crippen LogP contribution in [-0.4, -0.2) is 5.97 Å². The second kappa shape index (κ2) is 6.36. The third kappa shape index (κ3) is 3.40. The Balaban J connectivity index is 2.38. The van der Waals surface area contributed by atoms with Crippen molar-refractivity contribution in [3.8, 4) is 5.75 Å². The molecule has 2 aromatic rings. The zero-order valence-corrected chi connectivity index (χ0v) is 12.9. The normalized spacial score (nSPS) is 10.6. The standard InChI is InChI=1S/C13H4Cl4F2O2/c14-7-4-8(15)12(11(17)10(7)16)21-13(20)6-2-1-5(18)3-9(6)19/h1-4H. The lowest BCUT2D eigenvalue weighted by molar-refractivity contribution is 0.0730. The summed E-state index contributed by atoms with van der Waals surface area (Å²) in [5.41, 5.74) is -0.477. The van der Waals surface area contributed by atoms with E-state index in [0.29, 0.717) is 6.07 Å². The maximum atomic E-state index is 13.5. The lowest BCUT2D eigenvalue weighted by Crippen LogP contribution is -2.11. The summed E-state index contributed by atoms with van der Waals surface area (Å²) < 4.78 is 31.2. The third-order valence-electron chi connectivity index (χ3n) is 2.42. The van der Waals surface area contributed by atoms with E-state index < -0.39 is 23.2 Å². The highest BCUT2D eigenvalue weighted by atomic mass is 35.5. The number of benzene rings is 2. The number of halogens is 6. The Hall–Kier alpha value is -1.07. The van der Waals surface area contributed by atoms with Crippen LogP contribution in [0.4, 0.5) is 8.78 Å². The van der Waals surface area contributed by atoms with Crippen LogP contribution in [0.15, 0.2) is 24.3 Å². The van der Waals surface area contributed by atoms with E-state index in [-0.39, 0.29) is 25.8 Å². The highest BCUT2D eigenvalue weighted by molar-refractivity contribution is 6.50. The van der Waals surface area contributed by atoms with Crippen molar-refractivity contribution in [1.29, 1.82) is 0 Å². The summed E-state index contributed by atoms with van der Waals surface area (Å²) in [5.74, 6) is -3.27. The van der Waals surface area contributed by atoms with Crippen molar-refractivity contribution in [3.05, 3.63) is 61.6 Å². The molecule has 21 heavy (non-hydrogen) atoms. The van der Waals surface area contributed by atoms with Gasteiger partial charge in [0.25, 0.3) is 0 Å². The molecule has 0 unspecified atom stereocenters. The minimum atomic E-state index is -1.10. The summed E-state index contributed by atoms with van der Waals surface area (Å²) in [6.07, 6.45) is 0. The van der Waals surface area contributed by atoms with Crippen LogP contribution in [0.2, 0.25) is 20.1 Å². The number of ether oxygens (including phenoxy) is 1. The van der Waals surface area contributed by atoms with Crippen molar-refractivity contribution in [1.82, 2.24) is 0 Å². The van der Waals surface area contributed by atoms with Gasteiger partial charge in [0.2, 0.25) is 0 Å². The fourth-order valence-corrected chi connectivity index (χ4v) is 2.43. The molecule has 0 N–H and O–H groups in total. The number of hydrogen-bond acceptors (Lipinski definition) is 2. The van der Waals surface area contributed by atoms with E-state index in [1.54, 1.807) is 0 Å². The number of esters is 1. The molecule has 0 aliphatic rings. The Morgan fingerprint density at radius 3 is 2.24 bits per heavy atom. The predicted octanol–water partition coefficient (Wildman–Crippen LogP) is 5.80. The summed E-state index contributed by atoms with van der Waals surface area (Å²) in [6.45, 7) is 0. The van der Waals surface area contributed by atoms with Gasteiger partial charge in [-0.05, 0) is 18.2 Å². The Morgan fingerprint density at radius 2 is 1.62 bits per heavy atom. The van der Waals surface area contributed by atoms with Crippen molar-refractivity contribution in [2.24, 2.45) is 0 Å². The van der Waals surface area contributed by atoms with Gasteiger partial charge in [-0.2, -0.15) is 0 Å². The lowest BCUT2D eigenvalue weighted by Gasteiger charge is -2.10. The van der Waals surface area contributed by atoms with Crippen LogP contribution in [0.3, 0.4) is 0 Å². The first-order valence-electron chi connectivity index (χ1n) is 5.31. The van der Waals surface area contributed by atoms with Crippen molar-refractivity contribution < 1.29 is 18.3 Å². The van der Waals surface area contributed by atoms with Gasteiger partial charge in [0.05, 0.1) is 20.6 Å². The second-order valence-electron chi connectivity index (χ2n) is 3.81. The van der Waals surface area contributed by atoms with Crippen molar-refractivity contribution in [2.75, 3.05) is 0 Å². The van der Waals surface area contributed by atoms with Crippen LogP contribution in [0, 0.1) is 11.6 Å². The van der Waals surface area contributed by atoms with Gasteiger partial charge in [-0.3, -0.25) is 0 Å². The zero-order chi connectivity index (χ0) is 15.7. The maximum absolute atomic E-state index is 13.5. The van der Waals surface area contributed by atoms with Crippen LogP contribution in [0.25, 0.3) is 0 Å². The van der Waals surface area contributed by atoms with E-state index in [0.717, 1.165) is 12.1 Å². The van der Waals surface area contributed by atoms with Gasteiger partial charge >= 0.3 is 5.97 Å². The topological polar surface area (TPSA) is 26.3 Å². The number of hydrogen-bond donors (Lipinski definition) is 0. The van der Waals surface area contributed by atoms with Gasteiger partial charge in [0, 0.05) is 6.07 Å². The second-order valence-corrected chi connectivity index (χ2v) is 5.38. The summed E-state index contributed by atoms with van der Waals surface area (Å²) in [6, 6.07) is 3.62. The highest BCUT2D eigenvalue weighted by Gasteiger charge is 2.21. The largest absolute Gasteiger partial charge is 0.420 e. The first-order chi connectivity index (χ1) is 9.81. The molecule has 0 fully saturated rings. The summed E-state index contributed by atoms with van der Waals surface area (Å²) in [5, 5.41) is -0.264. The molecule has 0 heterocycles. The molecule has 0 amide bonds. The molecule has 0 saturated carbocycles. The SMILES string of the molecule is O=C(Oc1c(Cl)cc(Cl)c(Cl)c1Cl)c1ccc(F)cc1F. The Kier molecular flexibility index (Phi) is 4.94. The van der Waals surface area contributed by atoms with E-state index in [9.17, 15) is 13.6 Å². The summed E-state index contributed by atoms with van der Waals surface area (Å²) in [7, 11) is 0. The molecule has 8 heteroatoms. The number of rotatable bonds is 2. The molecule has 2 rings (SSSR count). The molecule has 0 spiro atoms. The van der Waals surface area contributed by atoms with Gasteiger partial charge in [0.1, 0.15) is 16.7 Å². The minimum Gasteiger partial charge on any atom is -0.420 e. The predicted molar refractivity (Wildman–Crippen MR) is 77.8 cm³/mol. The zero-order valence-electron chi connectivity index (χ0n) is 9.89. The van der Waals surface area contributed by atoms with Crippen LogP contribution in [0.5, 0.6) is 5.75 Å². The Bertz CT molecular complexity index is 735. The third-order valence-corrected chi connectivity index (χ3v) is 3.94. The first-order valence-corrected chi connectivity index (χ1v) is 6.82. The average Bonchev–Trinajstić information content (AvgIpc) is 2.41.